The van der Waals surface area contributed by atoms with Crippen LogP contribution in [-0.4, -0.2) is 29.2 Å². The standard InChI is InChI=1S/C20H19NO5S2/c1-24-17-12-13(19-27-10-11-28-19)6-7-16(17)25-18(22)8-9-21-14-4-2-3-5-15(14)26-20(21)23/h2-7,12,19H,8-11H2,1H3. The van der Waals surface area contributed by atoms with Crippen LogP contribution in [0.3, 0.4) is 0 Å². The summed E-state index contributed by atoms with van der Waals surface area (Å²) in [6, 6.07) is 12.8. The third kappa shape index (κ3) is 3.93. The minimum Gasteiger partial charge on any atom is -0.493 e. The van der Waals surface area contributed by atoms with Gasteiger partial charge in [-0.05, 0) is 29.8 Å². The van der Waals surface area contributed by atoms with Crippen molar-refractivity contribution < 1.29 is 18.7 Å². The molecule has 1 saturated heterocycles. The lowest BCUT2D eigenvalue weighted by molar-refractivity contribution is -0.134. The molecule has 1 aliphatic heterocycles. The fourth-order valence-electron chi connectivity index (χ4n) is 3.07. The Labute approximate surface area is 170 Å². The monoisotopic (exact) mass is 417 g/mol. The number of benzene rings is 2. The number of para-hydroxylation sites is 2. The predicted octanol–water partition coefficient (Wildman–Crippen LogP) is 4.08. The molecular formula is C20H19NO5S2. The topological polar surface area (TPSA) is 70.7 Å². The number of hydrogen-bond acceptors (Lipinski definition) is 7. The van der Waals surface area contributed by atoms with Crippen molar-refractivity contribution in [1.82, 2.24) is 4.57 Å². The summed E-state index contributed by atoms with van der Waals surface area (Å²) >= 11 is 3.80. The Morgan fingerprint density at radius 1 is 1.18 bits per heavy atom. The van der Waals surface area contributed by atoms with Crippen LogP contribution in [0.2, 0.25) is 0 Å². The van der Waals surface area contributed by atoms with Crippen LogP contribution < -0.4 is 15.2 Å². The number of carbonyl (C=O) groups is 1. The normalized spacial score (nSPS) is 14.5. The quantitative estimate of drug-likeness (QED) is 0.442. The summed E-state index contributed by atoms with van der Waals surface area (Å²) in [7, 11) is 1.56. The molecule has 0 saturated carbocycles. The van der Waals surface area contributed by atoms with Gasteiger partial charge in [0.2, 0.25) is 0 Å². The van der Waals surface area contributed by atoms with E-state index in [1.54, 1.807) is 31.4 Å². The number of fused-ring (bicyclic) bond motifs is 1. The van der Waals surface area contributed by atoms with E-state index < -0.39 is 11.7 Å². The summed E-state index contributed by atoms with van der Waals surface area (Å²) < 4.78 is 17.9. The number of rotatable bonds is 6. The maximum Gasteiger partial charge on any atom is 0.419 e. The van der Waals surface area contributed by atoms with Crippen LogP contribution in [0.25, 0.3) is 11.1 Å². The number of thioether (sulfide) groups is 2. The lowest BCUT2D eigenvalue weighted by atomic mass is 10.2. The van der Waals surface area contributed by atoms with Crippen LogP contribution in [-0.2, 0) is 11.3 Å². The van der Waals surface area contributed by atoms with Gasteiger partial charge in [-0.15, -0.1) is 23.5 Å². The molecule has 2 heterocycles. The lowest BCUT2D eigenvalue weighted by Crippen LogP contribution is -2.18. The molecule has 2 aromatic carbocycles. The number of nitrogens with zero attached hydrogens (tertiary/aromatic N) is 1. The van der Waals surface area contributed by atoms with Gasteiger partial charge in [0.25, 0.3) is 0 Å². The van der Waals surface area contributed by atoms with E-state index in [2.05, 4.69) is 0 Å². The minimum absolute atomic E-state index is 0.0443. The summed E-state index contributed by atoms with van der Waals surface area (Å²) in [6.45, 7) is 0.185. The molecule has 0 atom stereocenters. The number of methoxy groups -OCH3 is 1. The SMILES string of the molecule is COc1cc(C2SCCS2)ccc1OC(=O)CCn1c(=O)oc2ccccc21. The summed E-state index contributed by atoms with van der Waals surface area (Å²) in [5.74, 6) is 2.27. The van der Waals surface area contributed by atoms with E-state index in [1.807, 2.05) is 41.7 Å². The van der Waals surface area contributed by atoms with E-state index in [0.29, 0.717) is 27.2 Å². The third-order valence-electron chi connectivity index (χ3n) is 4.42. The number of oxazole rings is 1. The number of ether oxygens (including phenoxy) is 2. The Kier molecular flexibility index (Phi) is 5.68. The second-order valence-electron chi connectivity index (χ2n) is 6.20. The van der Waals surface area contributed by atoms with E-state index in [4.69, 9.17) is 13.9 Å². The molecule has 0 aliphatic carbocycles. The molecule has 0 spiro atoms. The number of hydrogen-bond donors (Lipinski definition) is 0. The van der Waals surface area contributed by atoms with Crippen LogP contribution in [0.5, 0.6) is 11.5 Å². The first-order valence-electron chi connectivity index (χ1n) is 8.86. The second-order valence-corrected chi connectivity index (χ2v) is 8.92. The van der Waals surface area contributed by atoms with Gasteiger partial charge >= 0.3 is 11.7 Å². The highest BCUT2D eigenvalue weighted by molar-refractivity contribution is 8.19. The third-order valence-corrected chi connectivity index (χ3v) is 7.52. The van der Waals surface area contributed by atoms with Gasteiger partial charge in [0.1, 0.15) is 0 Å². The van der Waals surface area contributed by atoms with Crippen LogP contribution in [0, 0.1) is 0 Å². The molecule has 146 valence electrons. The molecular weight excluding hydrogens is 398 g/mol. The smallest absolute Gasteiger partial charge is 0.419 e. The molecule has 6 nitrogen and oxygen atoms in total. The Hall–Kier alpha value is -2.32. The van der Waals surface area contributed by atoms with Crippen LogP contribution in [0.4, 0.5) is 0 Å². The largest absolute Gasteiger partial charge is 0.493 e. The zero-order valence-corrected chi connectivity index (χ0v) is 16.9. The van der Waals surface area contributed by atoms with Gasteiger partial charge in [-0.3, -0.25) is 9.36 Å². The van der Waals surface area contributed by atoms with Crippen molar-refractivity contribution in [1.29, 1.82) is 0 Å². The van der Waals surface area contributed by atoms with Crippen LogP contribution in [0.15, 0.2) is 51.7 Å². The molecule has 0 amide bonds. The molecule has 0 bridgehead atoms. The first-order valence-corrected chi connectivity index (χ1v) is 11.0. The number of aryl methyl sites for hydroxylation is 1. The van der Waals surface area contributed by atoms with Gasteiger partial charge in [-0.25, -0.2) is 4.79 Å². The highest BCUT2D eigenvalue weighted by Gasteiger charge is 2.21. The van der Waals surface area contributed by atoms with Gasteiger partial charge in [0.05, 0.1) is 23.6 Å². The lowest BCUT2D eigenvalue weighted by Gasteiger charge is -2.13. The molecule has 28 heavy (non-hydrogen) atoms. The zero-order chi connectivity index (χ0) is 19.5. The average Bonchev–Trinajstić information content (AvgIpc) is 3.34. The van der Waals surface area contributed by atoms with Crippen molar-refractivity contribution in [2.24, 2.45) is 0 Å². The fourth-order valence-corrected chi connectivity index (χ4v) is 5.91. The maximum atomic E-state index is 12.3. The van der Waals surface area contributed by atoms with E-state index in [9.17, 15) is 9.59 Å². The Bertz CT molecular complexity index is 1050. The molecule has 1 fully saturated rings. The molecule has 1 aliphatic rings. The van der Waals surface area contributed by atoms with Gasteiger partial charge in [-0.1, -0.05) is 18.2 Å². The predicted molar refractivity (Wildman–Crippen MR) is 111 cm³/mol. The number of carbonyl (C=O) groups excluding carboxylic acids is 1. The summed E-state index contributed by atoms with van der Waals surface area (Å²) in [4.78, 5) is 24.3. The van der Waals surface area contributed by atoms with Gasteiger partial charge in [0, 0.05) is 18.1 Å². The second kappa shape index (κ2) is 8.36. The molecule has 3 aromatic rings. The summed E-state index contributed by atoms with van der Waals surface area (Å²) in [6.07, 6.45) is 0.0443. The zero-order valence-electron chi connectivity index (χ0n) is 15.3. The summed E-state index contributed by atoms with van der Waals surface area (Å²) in [5, 5.41) is 0. The summed E-state index contributed by atoms with van der Waals surface area (Å²) in [5.41, 5.74) is 2.31. The maximum absolute atomic E-state index is 12.3. The average molecular weight is 418 g/mol. The molecule has 0 N–H and O–H groups in total. The van der Waals surface area contributed by atoms with E-state index in [1.165, 1.54) is 4.57 Å². The van der Waals surface area contributed by atoms with Crippen molar-refractivity contribution in [3.63, 3.8) is 0 Å². The Balaban J connectivity index is 1.44. The van der Waals surface area contributed by atoms with Crippen molar-refractivity contribution >= 4 is 40.6 Å². The first kappa shape index (κ1) is 19.0. The van der Waals surface area contributed by atoms with Gasteiger partial charge < -0.3 is 13.9 Å². The number of aromatic nitrogens is 1. The van der Waals surface area contributed by atoms with Crippen molar-refractivity contribution in [3.8, 4) is 11.5 Å². The molecule has 1 aromatic heterocycles. The number of esters is 1. The Morgan fingerprint density at radius 3 is 2.75 bits per heavy atom. The highest BCUT2D eigenvalue weighted by Crippen LogP contribution is 2.46. The fraction of sp³-hybridized carbons (Fsp3) is 0.300. The van der Waals surface area contributed by atoms with Crippen LogP contribution >= 0.6 is 23.5 Å². The minimum atomic E-state index is -0.484. The van der Waals surface area contributed by atoms with E-state index >= 15 is 0 Å². The van der Waals surface area contributed by atoms with Crippen LogP contribution in [0.1, 0.15) is 16.6 Å². The molecule has 8 heteroatoms. The van der Waals surface area contributed by atoms with Gasteiger partial charge in [-0.2, -0.15) is 0 Å². The van der Waals surface area contributed by atoms with Gasteiger partial charge in [0.15, 0.2) is 17.1 Å². The van der Waals surface area contributed by atoms with E-state index in [0.717, 1.165) is 17.1 Å². The molecule has 0 unspecified atom stereocenters. The molecule has 0 radical (unpaired) electrons. The van der Waals surface area contributed by atoms with Crippen molar-refractivity contribution in [2.45, 2.75) is 17.5 Å². The highest BCUT2D eigenvalue weighted by atomic mass is 32.2. The molecule has 4 rings (SSSR count). The van der Waals surface area contributed by atoms with Crippen molar-refractivity contribution in [2.75, 3.05) is 18.6 Å². The first-order chi connectivity index (χ1) is 13.7. The van der Waals surface area contributed by atoms with E-state index in [-0.39, 0.29) is 13.0 Å². The Morgan fingerprint density at radius 2 is 1.96 bits per heavy atom. The van der Waals surface area contributed by atoms with Crippen molar-refractivity contribution in [3.05, 3.63) is 58.6 Å².